The van der Waals surface area contributed by atoms with Crippen LogP contribution in [-0.2, 0) is 49.0 Å². The number of nitrogens with one attached hydrogen (secondary N) is 1. The van der Waals surface area contributed by atoms with Gasteiger partial charge in [0.1, 0.15) is 24.0 Å². The minimum Gasteiger partial charge on any atom is -0.534 e. The molecule has 4 heterocycles. The second kappa shape index (κ2) is 15.7. The smallest absolute Gasteiger partial charge is 0.408 e. The Morgan fingerprint density at radius 3 is 2.08 bits per heavy atom. The second-order valence-electron chi connectivity index (χ2n) is 18.1. The van der Waals surface area contributed by atoms with Crippen molar-refractivity contribution in [3.63, 3.8) is 0 Å². The lowest BCUT2D eigenvalue weighted by molar-refractivity contribution is -0.191. The van der Waals surface area contributed by atoms with Crippen LogP contribution in [0.1, 0.15) is 97.9 Å². The molecule has 0 bridgehead atoms. The van der Waals surface area contributed by atoms with E-state index in [0.29, 0.717) is 17.8 Å². The van der Waals surface area contributed by atoms with Gasteiger partial charge in [-0.15, -0.1) is 0 Å². The van der Waals surface area contributed by atoms with Gasteiger partial charge in [-0.25, -0.2) is 19.4 Å². The van der Waals surface area contributed by atoms with Crippen molar-refractivity contribution in [2.45, 2.75) is 118 Å². The summed E-state index contributed by atoms with van der Waals surface area (Å²) in [6.45, 7) is 19.2. The van der Waals surface area contributed by atoms with Gasteiger partial charge in [0.15, 0.2) is 0 Å². The van der Waals surface area contributed by atoms with E-state index in [1.807, 2.05) is 24.3 Å². The lowest BCUT2D eigenvalue weighted by Gasteiger charge is -2.43. The molecule has 314 valence electrons. The number of hydrogen-bond donors (Lipinski definition) is 1. The highest BCUT2D eigenvalue weighted by Gasteiger charge is 2.53. The van der Waals surface area contributed by atoms with Crippen molar-refractivity contribution < 1.29 is 33.0 Å². The van der Waals surface area contributed by atoms with Crippen molar-refractivity contribution >= 4 is 47.6 Å². The number of hydrogen-bond acceptors (Lipinski definition) is 9. The minimum atomic E-state index is -2.93. The number of esters is 2. The third-order valence-corrected chi connectivity index (χ3v) is 16.6. The Balaban J connectivity index is 1.31. The third kappa shape index (κ3) is 7.28. The molecule has 12 heteroatoms. The number of rotatable bonds is 10. The fourth-order valence-corrected chi connectivity index (χ4v) is 13.2. The first-order valence-corrected chi connectivity index (χ1v) is 22.7. The van der Waals surface area contributed by atoms with Gasteiger partial charge in [0, 0.05) is 16.5 Å². The summed E-state index contributed by atoms with van der Waals surface area (Å²) in [6.07, 6.45) is -0.155. The lowest BCUT2D eigenvalue weighted by Crippen LogP contribution is -2.68. The number of aromatic nitrogens is 2. The van der Waals surface area contributed by atoms with Gasteiger partial charge in [-0.05, 0) is 84.8 Å². The standard InChI is InChI=1S/C48H55N3O8Si/c1-11-33-34-25-30(59-60(47(8,9)10,31-19-15-13-16-20-31)32-21-17-14-18-22-32)23-24-38(34)49-41-35(33)27-51-39(41)26-37-36(42(51)52)28-56-44(54)48(37,12-2)57-43(53)40(29(3)4)50-45(55)58-46(5,6)7/h13-26,29,40H,11-12,27-28H2,1-10H3,(H,50,55)/t40?,48-/m0/s1. The Hall–Kier alpha value is -5.75. The van der Waals surface area contributed by atoms with E-state index in [1.54, 1.807) is 52.2 Å². The van der Waals surface area contributed by atoms with Gasteiger partial charge in [-0.2, -0.15) is 0 Å². The molecule has 7 rings (SSSR count). The number of ether oxygens (including phenoxy) is 3. The fraction of sp³-hybridized carbons (Fsp3) is 0.396. The summed E-state index contributed by atoms with van der Waals surface area (Å²) >= 11 is 0. The number of amides is 1. The molecule has 1 N–H and O–H groups in total. The molecular formula is C48H55N3O8Si. The van der Waals surface area contributed by atoms with Gasteiger partial charge < -0.3 is 28.5 Å². The molecular weight excluding hydrogens is 775 g/mol. The highest BCUT2D eigenvalue weighted by atomic mass is 28.4. The molecule has 0 aliphatic carbocycles. The van der Waals surface area contributed by atoms with Crippen LogP contribution < -0.4 is 25.7 Å². The molecule has 2 aliphatic heterocycles. The molecule has 0 fully saturated rings. The van der Waals surface area contributed by atoms with Gasteiger partial charge in [0.2, 0.25) is 5.60 Å². The molecule has 11 nitrogen and oxygen atoms in total. The summed E-state index contributed by atoms with van der Waals surface area (Å²) in [6, 6.07) is 27.6. The Kier molecular flexibility index (Phi) is 11.1. The number of alkyl carbamates (subject to hydrolysis) is 1. The summed E-state index contributed by atoms with van der Waals surface area (Å²) in [4.78, 5) is 60.2. The summed E-state index contributed by atoms with van der Waals surface area (Å²) < 4.78 is 26.2. The van der Waals surface area contributed by atoms with Gasteiger partial charge in [-0.3, -0.25) is 4.79 Å². The van der Waals surface area contributed by atoms with Crippen LogP contribution in [0, 0.1) is 5.92 Å². The van der Waals surface area contributed by atoms with Crippen molar-refractivity contribution in [3.05, 3.63) is 118 Å². The van der Waals surface area contributed by atoms with Crippen LogP contribution in [0.4, 0.5) is 4.79 Å². The van der Waals surface area contributed by atoms with Crippen LogP contribution in [0.15, 0.2) is 89.7 Å². The van der Waals surface area contributed by atoms with Gasteiger partial charge in [-0.1, -0.05) is 109 Å². The van der Waals surface area contributed by atoms with Gasteiger partial charge >= 0.3 is 26.3 Å². The first kappa shape index (κ1) is 42.4. The molecule has 2 atom stereocenters. The van der Waals surface area contributed by atoms with Crippen molar-refractivity contribution in [1.82, 2.24) is 14.9 Å². The maximum absolute atomic E-state index is 14.5. The van der Waals surface area contributed by atoms with E-state index in [2.05, 4.69) is 87.6 Å². The zero-order chi connectivity index (χ0) is 43.4. The number of aryl methyl sites for hydroxylation is 1. The SMILES string of the molecule is CCc1c2c(nc3ccc(O[Si](c4ccccc4)(c4ccccc4)C(C)(C)C)cc13)-c1cc3c(c(=O)n1C2)COC(=O)[C@@]3(CC)OC(=O)C(NC(=O)OC(C)(C)C)C(C)C. The average Bonchev–Trinajstić information content (AvgIpc) is 3.57. The third-order valence-electron chi connectivity index (χ3n) is 11.7. The van der Waals surface area contributed by atoms with Crippen LogP contribution >= 0.6 is 0 Å². The average molecular weight is 830 g/mol. The maximum atomic E-state index is 14.5. The van der Waals surface area contributed by atoms with E-state index in [9.17, 15) is 19.2 Å². The monoisotopic (exact) mass is 829 g/mol. The number of fused-ring (bicyclic) bond motifs is 5. The van der Waals surface area contributed by atoms with Crippen LogP contribution in [0.3, 0.4) is 0 Å². The van der Waals surface area contributed by atoms with E-state index < -0.39 is 49.5 Å². The minimum absolute atomic E-state index is 0.0168. The molecule has 2 aliphatic rings. The van der Waals surface area contributed by atoms with Gasteiger partial charge in [0.25, 0.3) is 5.56 Å². The maximum Gasteiger partial charge on any atom is 0.408 e. The topological polar surface area (TPSA) is 135 Å². The largest absolute Gasteiger partial charge is 0.534 e. The number of nitrogens with zero attached hydrogens (tertiary/aromatic N) is 2. The summed E-state index contributed by atoms with van der Waals surface area (Å²) in [5.41, 5.74) is 1.21. The number of pyridine rings is 2. The predicted molar refractivity (Wildman–Crippen MR) is 234 cm³/mol. The molecule has 0 spiro atoms. The normalized spacial score (nSPS) is 16.7. The molecule has 0 saturated heterocycles. The first-order valence-electron chi connectivity index (χ1n) is 20.8. The summed E-state index contributed by atoms with van der Waals surface area (Å²) in [5, 5.41) is 5.64. The Labute approximate surface area is 352 Å². The zero-order valence-corrected chi connectivity index (χ0v) is 37.2. The number of carbonyl (C=O) groups excluding carboxylic acids is 3. The molecule has 1 unspecified atom stereocenters. The van der Waals surface area contributed by atoms with Crippen LogP contribution in [-0.4, -0.2) is 47.5 Å². The van der Waals surface area contributed by atoms with Crippen molar-refractivity contribution in [2.75, 3.05) is 0 Å². The van der Waals surface area contributed by atoms with E-state index in [4.69, 9.17) is 23.6 Å². The summed E-state index contributed by atoms with van der Waals surface area (Å²) in [5.74, 6) is -1.32. The fourth-order valence-electron chi connectivity index (χ4n) is 8.76. The van der Waals surface area contributed by atoms with Crippen LogP contribution in [0.25, 0.3) is 22.3 Å². The Morgan fingerprint density at radius 1 is 0.900 bits per heavy atom. The molecule has 0 saturated carbocycles. The summed E-state index contributed by atoms with van der Waals surface area (Å²) in [7, 11) is -2.93. The van der Waals surface area contributed by atoms with E-state index in [0.717, 1.165) is 27.8 Å². The van der Waals surface area contributed by atoms with Crippen molar-refractivity contribution in [3.8, 4) is 17.1 Å². The quantitative estimate of drug-likeness (QED) is 0.0839. The molecule has 3 aromatic carbocycles. The highest BCUT2D eigenvalue weighted by molar-refractivity contribution is 7.00. The zero-order valence-electron chi connectivity index (χ0n) is 36.2. The number of benzene rings is 3. The molecule has 1 amide bonds. The van der Waals surface area contributed by atoms with Crippen LogP contribution in [0.5, 0.6) is 5.75 Å². The molecule has 60 heavy (non-hydrogen) atoms. The lowest BCUT2D eigenvalue weighted by atomic mass is 9.85. The molecule has 0 radical (unpaired) electrons. The van der Waals surface area contributed by atoms with Crippen molar-refractivity contribution in [2.24, 2.45) is 5.92 Å². The van der Waals surface area contributed by atoms with E-state index in [1.165, 1.54) is 10.4 Å². The Bertz CT molecular complexity index is 2500. The second-order valence-corrected chi connectivity index (χ2v) is 22.3. The predicted octanol–water partition coefficient (Wildman–Crippen LogP) is 7.68. The Morgan fingerprint density at radius 2 is 1.53 bits per heavy atom. The van der Waals surface area contributed by atoms with Gasteiger partial charge in [0.05, 0.1) is 29.0 Å². The van der Waals surface area contributed by atoms with Crippen LogP contribution in [0.2, 0.25) is 5.04 Å². The van der Waals surface area contributed by atoms with E-state index >= 15 is 0 Å². The molecule has 2 aromatic heterocycles. The highest BCUT2D eigenvalue weighted by Crippen LogP contribution is 2.44. The first-order chi connectivity index (χ1) is 28.3. The van der Waals surface area contributed by atoms with Crippen molar-refractivity contribution in [1.29, 1.82) is 0 Å². The molecule has 5 aromatic rings. The van der Waals surface area contributed by atoms with E-state index in [-0.39, 0.29) is 41.3 Å². The number of carbonyl (C=O) groups is 3. The number of cyclic esters (lactones) is 1.